The highest BCUT2D eigenvalue weighted by atomic mass is 16.5. The average molecular weight is 356 g/mol. The molecule has 1 heterocycles. The number of nitrogens with zero attached hydrogens (tertiary/aromatic N) is 1. The van der Waals surface area contributed by atoms with E-state index in [1.807, 2.05) is 18.2 Å². The number of carbonyl (C=O) groups is 1. The van der Waals surface area contributed by atoms with Gasteiger partial charge < -0.3 is 4.42 Å². The van der Waals surface area contributed by atoms with Crippen LogP contribution in [0.1, 0.15) is 49.7 Å². The summed E-state index contributed by atoms with van der Waals surface area (Å²) < 4.78 is 5.78. The zero-order chi connectivity index (χ0) is 18.6. The molecule has 0 atom stereocenters. The molecule has 1 amide bonds. The quantitative estimate of drug-likeness (QED) is 0.271. The summed E-state index contributed by atoms with van der Waals surface area (Å²) >= 11 is 0. The lowest BCUT2D eigenvalue weighted by molar-refractivity contribution is -0.124. The van der Waals surface area contributed by atoms with E-state index in [1.165, 1.54) is 43.4 Å². The minimum atomic E-state index is -0.579. The number of carbonyl (C=O) groups excluding carboxylic acids is 1. The highest BCUT2D eigenvalue weighted by molar-refractivity contribution is 5.90. The fourth-order valence-electron chi connectivity index (χ4n) is 2.80. The van der Waals surface area contributed by atoms with E-state index in [2.05, 4.69) is 36.1 Å². The maximum Gasteiger partial charge on any atom is 0.267 e. The van der Waals surface area contributed by atoms with Crippen LogP contribution in [0.25, 0.3) is 6.08 Å². The van der Waals surface area contributed by atoms with Crippen molar-refractivity contribution >= 4 is 12.0 Å². The lowest BCUT2D eigenvalue weighted by atomic mass is 10.1. The van der Waals surface area contributed by atoms with Crippen molar-refractivity contribution in [2.45, 2.75) is 45.7 Å². The highest BCUT2D eigenvalue weighted by Gasteiger charge is 2.10. The number of unbranched alkanes of at least 4 members (excludes halogenated alkanes) is 3. The Bertz CT molecular complexity index is 680. The Balaban J connectivity index is 1.97. The first-order valence-electron chi connectivity index (χ1n) is 9.18. The molecule has 5 nitrogen and oxygen atoms in total. The van der Waals surface area contributed by atoms with Gasteiger partial charge in [0.05, 0.1) is 6.54 Å². The van der Waals surface area contributed by atoms with Gasteiger partial charge in [-0.2, -0.15) is 0 Å². The van der Waals surface area contributed by atoms with Crippen LogP contribution < -0.4 is 5.48 Å². The molecule has 0 aliphatic carbocycles. The molecule has 0 aliphatic rings. The molecule has 0 unspecified atom stereocenters. The number of hydrogen-bond donors (Lipinski definition) is 2. The Morgan fingerprint density at radius 3 is 2.65 bits per heavy atom. The van der Waals surface area contributed by atoms with Crippen LogP contribution in [0.15, 0.2) is 53.0 Å². The molecular weight excluding hydrogens is 328 g/mol. The van der Waals surface area contributed by atoms with E-state index < -0.39 is 5.91 Å². The van der Waals surface area contributed by atoms with Gasteiger partial charge in [-0.15, -0.1) is 0 Å². The topological polar surface area (TPSA) is 65.7 Å². The molecule has 0 spiro atoms. The second kappa shape index (κ2) is 11.3. The molecule has 5 heteroatoms. The zero-order valence-corrected chi connectivity index (χ0v) is 15.4. The van der Waals surface area contributed by atoms with Crippen LogP contribution in [-0.4, -0.2) is 22.6 Å². The van der Waals surface area contributed by atoms with E-state index in [4.69, 9.17) is 9.62 Å². The Morgan fingerprint density at radius 1 is 1.12 bits per heavy atom. The van der Waals surface area contributed by atoms with Crippen LogP contribution in [0.2, 0.25) is 0 Å². The molecule has 0 saturated heterocycles. The molecule has 0 fully saturated rings. The normalized spacial score (nSPS) is 11.3. The molecule has 2 rings (SSSR count). The van der Waals surface area contributed by atoms with Gasteiger partial charge in [0, 0.05) is 12.6 Å². The number of furan rings is 1. The first-order valence-corrected chi connectivity index (χ1v) is 9.18. The molecule has 1 aromatic carbocycles. The van der Waals surface area contributed by atoms with Crippen molar-refractivity contribution in [3.63, 3.8) is 0 Å². The summed E-state index contributed by atoms with van der Waals surface area (Å²) in [5, 5.41) is 8.51. The van der Waals surface area contributed by atoms with Gasteiger partial charge in [0.25, 0.3) is 5.91 Å². The van der Waals surface area contributed by atoms with E-state index in [-0.39, 0.29) is 0 Å². The van der Waals surface area contributed by atoms with Crippen molar-refractivity contribution in [2.24, 2.45) is 0 Å². The first-order chi connectivity index (χ1) is 12.7. The molecule has 140 valence electrons. The predicted octanol–water partition coefficient (Wildman–Crippen LogP) is 4.38. The molecule has 26 heavy (non-hydrogen) atoms. The Labute approximate surface area is 155 Å². The minimum absolute atomic E-state index is 0.579. The molecule has 2 aromatic rings. The van der Waals surface area contributed by atoms with Gasteiger partial charge in [0.1, 0.15) is 11.5 Å². The second-order valence-electron chi connectivity index (χ2n) is 6.37. The summed E-state index contributed by atoms with van der Waals surface area (Å²) in [5.41, 5.74) is 2.85. The first kappa shape index (κ1) is 19.9. The standard InChI is InChI=1S/C21H28N2O3/c1-2-3-4-8-15-23(16-18-9-6-5-7-10-18)17-20-12-11-19(26-20)13-14-21(24)22-25/h5-7,9-14,25H,2-4,8,15-17H2,1H3,(H,22,24)/b14-13+. The van der Waals surface area contributed by atoms with Gasteiger partial charge in [0.2, 0.25) is 0 Å². The van der Waals surface area contributed by atoms with Crippen molar-refractivity contribution < 1.29 is 14.4 Å². The average Bonchev–Trinajstić information content (AvgIpc) is 3.11. The summed E-state index contributed by atoms with van der Waals surface area (Å²) in [6, 6.07) is 14.2. The third-order valence-electron chi connectivity index (χ3n) is 4.15. The van der Waals surface area contributed by atoms with Crippen LogP contribution >= 0.6 is 0 Å². The van der Waals surface area contributed by atoms with Crippen LogP contribution in [0.5, 0.6) is 0 Å². The van der Waals surface area contributed by atoms with Gasteiger partial charge in [-0.3, -0.25) is 14.9 Å². The maximum atomic E-state index is 11.0. The van der Waals surface area contributed by atoms with Crippen molar-refractivity contribution in [3.8, 4) is 0 Å². The molecular formula is C21H28N2O3. The second-order valence-corrected chi connectivity index (χ2v) is 6.37. The highest BCUT2D eigenvalue weighted by Crippen LogP contribution is 2.15. The van der Waals surface area contributed by atoms with Crippen LogP contribution in [-0.2, 0) is 17.9 Å². The zero-order valence-electron chi connectivity index (χ0n) is 15.4. The largest absolute Gasteiger partial charge is 0.460 e. The third kappa shape index (κ3) is 7.25. The van der Waals surface area contributed by atoms with Gasteiger partial charge in [0.15, 0.2) is 0 Å². The molecule has 0 saturated carbocycles. The summed E-state index contributed by atoms with van der Waals surface area (Å²) in [6.07, 6.45) is 7.68. The maximum absolute atomic E-state index is 11.0. The van der Waals surface area contributed by atoms with Gasteiger partial charge in [-0.1, -0.05) is 56.5 Å². The lowest BCUT2D eigenvalue weighted by Gasteiger charge is -2.21. The fraction of sp³-hybridized carbons (Fsp3) is 0.381. The number of nitrogens with one attached hydrogen (secondary N) is 1. The van der Waals surface area contributed by atoms with Crippen LogP contribution in [0.4, 0.5) is 0 Å². The summed E-state index contributed by atoms with van der Waals surface area (Å²) in [7, 11) is 0. The number of hydroxylamine groups is 1. The van der Waals surface area contributed by atoms with E-state index in [0.29, 0.717) is 5.76 Å². The van der Waals surface area contributed by atoms with E-state index >= 15 is 0 Å². The molecule has 0 bridgehead atoms. The Morgan fingerprint density at radius 2 is 1.92 bits per heavy atom. The molecule has 2 N–H and O–H groups in total. The number of hydrogen-bond acceptors (Lipinski definition) is 4. The number of benzene rings is 1. The van der Waals surface area contributed by atoms with Gasteiger partial charge in [-0.25, -0.2) is 5.48 Å². The Hall–Kier alpha value is -2.37. The predicted molar refractivity (Wildman–Crippen MR) is 102 cm³/mol. The van der Waals surface area contributed by atoms with E-state index in [1.54, 1.807) is 5.48 Å². The van der Waals surface area contributed by atoms with E-state index in [9.17, 15) is 4.79 Å². The van der Waals surface area contributed by atoms with Gasteiger partial charge in [-0.05, 0) is 36.7 Å². The van der Waals surface area contributed by atoms with Crippen LogP contribution in [0, 0.1) is 0 Å². The van der Waals surface area contributed by atoms with Gasteiger partial charge >= 0.3 is 0 Å². The molecule has 0 radical (unpaired) electrons. The summed E-state index contributed by atoms with van der Waals surface area (Å²) in [5.74, 6) is 0.874. The van der Waals surface area contributed by atoms with Crippen molar-refractivity contribution in [1.82, 2.24) is 10.4 Å². The Kier molecular flexibility index (Phi) is 8.66. The molecule has 1 aromatic heterocycles. The van der Waals surface area contributed by atoms with Crippen molar-refractivity contribution in [2.75, 3.05) is 6.54 Å². The van der Waals surface area contributed by atoms with Crippen molar-refractivity contribution in [1.29, 1.82) is 0 Å². The monoisotopic (exact) mass is 356 g/mol. The summed E-state index contributed by atoms with van der Waals surface area (Å²) in [6.45, 7) is 4.84. The van der Waals surface area contributed by atoms with E-state index in [0.717, 1.165) is 25.4 Å². The molecule has 0 aliphatic heterocycles. The smallest absolute Gasteiger partial charge is 0.267 e. The third-order valence-corrected chi connectivity index (χ3v) is 4.15. The minimum Gasteiger partial charge on any atom is -0.460 e. The number of amides is 1. The lowest BCUT2D eigenvalue weighted by Crippen LogP contribution is -2.23. The fourth-order valence-corrected chi connectivity index (χ4v) is 2.80. The van der Waals surface area contributed by atoms with Crippen LogP contribution in [0.3, 0.4) is 0 Å². The SMILES string of the molecule is CCCCCCN(Cc1ccccc1)Cc1ccc(/C=C/C(=O)NO)o1. The summed E-state index contributed by atoms with van der Waals surface area (Å²) in [4.78, 5) is 13.4. The van der Waals surface area contributed by atoms with Crippen molar-refractivity contribution in [3.05, 3.63) is 65.6 Å². The number of rotatable bonds is 11.